The molecular formula is C15H32N2O2. The molecule has 0 aliphatic rings. The number of ether oxygens (including phenoxy) is 1. The number of amides is 1. The van der Waals surface area contributed by atoms with Gasteiger partial charge < -0.3 is 15.8 Å². The number of carbonyl (C=O) groups excluding carboxylic acids is 1. The zero-order chi connectivity index (χ0) is 14.7. The van der Waals surface area contributed by atoms with Crippen molar-refractivity contribution in [1.29, 1.82) is 0 Å². The Morgan fingerprint density at radius 2 is 2.00 bits per heavy atom. The number of hydrogen-bond acceptors (Lipinski definition) is 3. The van der Waals surface area contributed by atoms with E-state index in [1.807, 2.05) is 6.92 Å². The maximum atomic E-state index is 11.2. The van der Waals surface area contributed by atoms with Crippen LogP contribution in [0, 0.1) is 5.41 Å². The predicted octanol–water partition coefficient (Wildman–Crippen LogP) is 2.46. The minimum atomic E-state index is 0.143. The lowest BCUT2D eigenvalue weighted by Gasteiger charge is -2.19. The molecule has 0 aliphatic heterocycles. The number of hydrogen-bond donors (Lipinski definition) is 2. The van der Waals surface area contributed by atoms with Gasteiger partial charge >= 0.3 is 0 Å². The van der Waals surface area contributed by atoms with Crippen molar-refractivity contribution in [2.75, 3.05) is 19.8 Å². The third-order valence-corrected chi connectivity index (χ3v) is 2.72. The molecule has 0 bridgehead atoms. The first kappa shape index (κ1) is 18.4. The van der Waals surface area contributed by atoms with E-state index in [1.54, 1.807) is 0 Å². The highest BCUT2D eigenvalue weighted by Crippen LogP contribution is 2.13. The van der Waals surface area contributed by atoms with Crippen LogP contribution in [0.5, 0.6) is 0 Å². The summed E-state index contributed by atoms with van der Waals surface area (Å²) < 4.78 is 5.60. The van der Waals surface area contributed by atoms with Gasteiger partial charge in [0.15, 0.2) is 0 Å². The van der Waals surface area contributed by atoms with Gasteiger partial charge in [-0.15, -0.1) is 0 Å². The van der Waals surface area contributed by atoms with E-state index in [0.29, 0.717) is 6.42 Å². The molecule has 114 valence electrons. The predicted molar refractivity (Wildman–Crippen MR) is 80.0 cm³/mol. The molecule has 4 heteroatoms. The zero-order valence-electron chi connectivity index (χ0n) is 13.1. The highest BCUT2D eigenvalue weighted by atomic mass is 16.5. The fourth-order valence-corrected chi connectivity index (χ4v) is 1.66. The fraction of sp³-hybridized carbons (Fsp3) is 0.933. The lowest BCUT2D eigenvalue weighted by molar-refractivity contribution is -0.121. The van der Waals surface area contributed by atoms with Crippen molar-refractivity contribution in [3.8, 4) is 0 Å². The molecule has 0 fully saturated rings. The monoisotopic (exact) mass is 272 g/mol. The van der Waals surface area contributed by atoms with Crippen molar-refractivity contribution in [2.24, 2.45) is 11.1 Å². The highest BCUT2D eigenvalue weighted by Gasteiger charge is 2.10. The van der Waals surface area contributed by atoms with Crippen LogP contribution < -0.4 is 11.1 Å². The normalized spacial score (nSPS) is 13.3. The van der Waals surface area contributed by atoms with Crippen LogP contribution in [0.3, 0.4) is 0 Å². The van der Waals surface area contributed by atoms with Gasteiger partial charge in [-0.05, 0) is 31.1 Å². The van der Waals surface area contributed by atoms with Crippen LogP contribution in [-0.4, -0.2) is 31.7 Å². The Labute approximate surface area is 118 Å². The third-order valence-electron chi connectivity index (χ3n) is 2.72. The summed E-state index contributed by atoms with van der Waals surface area (Å²) >= 11 is 0. The molecule has 4 nitrogen and oxygen atoms in total. The molecule has 0 rings (SSSR count). The molecule has 0 aromatic carbocycles. The summed E-state index contributed by atoms with van der Waals surface area (Å²) in [6.45, 7) is 10.7. The Balaban J connectivity index is 3.40. The van der Waals surface area contributed by atoms with Crippen LogP contribution in [0.4, 0.5) is 0 Å². The lowest BCUT2D eigenvalue weighted by Crippen LogP contribution is -2.27. The van der Waals surface area contributed by atoms with Crippen LogP contribution in [0.2, 0.25) is 0 Å². The highest BCUT2D eigenvalue weighted by molar-refractivity contribution is 5.75. The minimum absolute atomic E-state index is 0.143. The fourth-order valence-electron chi connectivity index (χ4n) is 1.66. The summed E-state index contributed by atoms with van der Waals surface area (Å²) in [5, 5.41) is 2.90. The molecule has 1 amide bonds. The van der Waals surface area contributed by atoms with Crippen molar-refractivity contribution >= 4 is 5.91 Å². The van der Waals surface area contributed by atoms with Crippen molar-refractivity contribution in [1.82, 2.24) is 5.32 Å². The summed E-state index contributed by atoms with van der Waals surface area (Å²) in [5.74, 6) is 0.143. The molecule has 0 aliphatic carbocycles. The SMILES string of the molecule is CCCC(=O)NCCCC(N)CCOCC(C)(C)C. The molecule has 0 saturated heterocycles. The Kier molecular flexibility index (Phi) is 9.88. The number of carbonyl (C=O) groups is 1. The van der Waals surface area contributed by atoms with Gasteiger partial charge in [-0.25, -0.2) is 0 Å². The number of nitrogens with two attached hydrogens (primary N) is 1. The van der Waals surface area contributed by atoms with Crippen LogP contribution >= 0.6 is 0 Å². The van der Waals surface area contributed by atoms with E-state index < -0.39 is 0 Å². The van der Waals surface area contributed by atoms with Gasteiger partial charge in [0.1, 0.15) is 0 Å². The van der Waals surface area contributed by atoms with Crippen LogP contribution in [-0.2, 0) is 9.53 Å². The Morgan fingerprint density at radius 3 is 2.58 bits per heavy atom. The maximum Gasteiger partial charge on any atom is 0.219 e. The van der Waals surface area contributed by atoms with Crippen molar-refractivity contribution in [3.63, 3.8) is 0 Å². The average molecular weight is 272 g/mol. The topological polar surface area (TPSA) is 64.4 Å². The second-order valence-corrected chi connectivity index (χ2v) is 6.40. The van der Waals surface area contributed by atoms with E-state index in [0.717, 1.165) is 45.4 Å². The molecule has 0 heterocycles. The lowest BCUT2D eigenvalue weighted by atomic mass is 9.99. The van der Waals surface area contributed by atoms with Crippen molar-refractivity contribution in [3.05, 3.63) is 0 Å². The number of rotatable bonds is 10. The van der Waals surface area contributed by atoms with Gasteiger partial charge in [0.25, 0.3) is 0 Å². The summed E-state index contributed by atoms with van der Waals surface area (Å²) in [5.41, 5.74) is 6.22. The van der Waals surface area contributed by atoms with Gasteiger partial charge in [-0.2, -0.15) is 0 Å². The molecule has 0 aromatic rings. The number of nitrogens with one attached hydrogen (secondary N) is 1. The third kappa shape index (κ3) is 13.6. The molecule has 0 aromatic heterocycles. The van der Waals surface area contributed by atoms with E-state index in [9.17, 15) is 4.79 Å². The van der Waals surface area contributed by atoms with Crippen molar-refractivity contribution in [2.45, 2.75) is 65.8 Å². The second-order valence-electron chi connectivity index (χ2n) is 6.40. The molecular weight excluding hydrogens is 240 g/mol. The van der Waals surface area contributed by atoms with E-state index in [-0.39, 0.29) is 17.4 Å². The molecule has 0 radical (unpaired) electrons. The maximum absolute atomic E-state index is 11.2. The first-order valence-corrected chi connectivity index (χ1v) is 7.45. The summed E-state index contributed by atoms with van der Waals surface area (Å²) in [6.07, 6.45) is 4.28. The van der Waals surface area contributed by atoms with Gasteiger partial charge in [-0.1, -0.05) is 27.7 Å². The molecule has 1 unspecified atom stereocenters. The quantitative estimate of drug-likeness (QED) is 0.600. The molecule has 3 N–H and O–H groups in total. The Bertz CT molecular complexity index is 237. The zero-order valence-corrected chi connectivity index (χ0v) is 13.1. The Hall–Kier alpha value is -0.610. The molecule has 0 spiro atoms. The van der Waals surface area contributed by atoms with Crippen LogP contribution in [0.1, 0.15) is 59.8 Å². The van der Waals surface area contributed by atoms with Gasteiger partial charge in [0, 0.05) is 25.6 Å². The summed E-state index contributed by atoms with van der Waals surface area (Å²) in [7, 11) is 0. The minimum Gasteiger partial charge on any atom is -0.381 e. The van der Waals surface area contributed by atoms with E-state index >= 15 is 0 Å². The van der Waals surface area contributed by atoms with Crippen molar-refractivity contribution < 1.29 is 9.53 Å². The van der Waals surface area contributed by atoms with Crippen LogP contribution in [0.15, 0.2) is 0 Å². The largest absolute Gasteiger partial charge is 0.381 e. The Morgan fingerprint density at radius 1 is 1.32 bits per heavy atom. The van der Waals surface area contributed by atoms with E-state index in [4.69, 9.17) is 10.5 Å². The van der Waals surface area contributed by atoms with E-state index in [1.165, 1.54) is 0 Å². The first-order chi connectivity index (χ1) is 8.85. The van der Waals surface area contributed by atoms with Gasteiger partial charge in [0.05, 0.1) is 6.61 Å². The molecule has 1 atom stereocenters. The van der Waals surface area contributed by atoms with Gasteiger partial charge in [0.2, 0.25) is 5.91 Å². The standard InChI is InChI=1S/C15H32N2O2/c1-5-7-14(18)17-10-6-8-13(16)9-11-19-12-15(2,3)4/h13H,5-12,16H2,1-4H3,(H,17,18). The molecule has 0 saturated carbocycles. The summed E-state index contributed by atoms with van der Waals surface area (Å²) in [4.78, 5) is 11.2. The smallest absolute Gasteiger partial charge is 0.219 e. The van der Waals surface area contributed by atoms with Gasteiger partial charge in [-0.3, -0.25) is 4.79 Å². The van der Waals surface area contributed by atoms with E-state index in [2.05, 4.69) is 26.1 Å². The average Bonchev–Trinajstić information content (AvgIpc) is 2.29. The summed E-state index contributed by atoms with van der Waals surface area (Å²) in [6, 6.07) is 0.169. The van der Waals surface area contributed by atoms with Crippen LogP contribution in [0.25, 0.3) is 0 Å². The molecule has 19 heavy (non-hydrogen) atoms. The first-order valence-electron chi connectivity index (χ1n) is 7.45. The second kappa shape index (κ2) is 10.2.